The molecule has 1 saturated heterocycles. The van der Waals surface area contributed by atoms with Crippen molar-refractivity contribution >= 4 is 34.0 Å². The molecule has 0 saturated carbocycles. The van der Waals surface area contributed by atoms with Crippen molar-refractivity contribution in [1.29, 1.82) is 0 Å². The number of nitrogens with one attached hydrogen (secondary N) is 2. The van der Waals surface area contributed by atoms with Gasteiger partial charge in [0.15, 0.2) is 0 Å². The number of benzene rings is 2. The number of hydrogen-bond donors (Lipinski definition) is 2. The highest BCUT2D eigenvalue weighted by Crippen LogP contribution is 2.30. The summed E-state index contributed by atoms with van der Waals surface area (Å²) in [5, 5.41) is 14.8. The number of rotatable bonds is 5. The van der Waals surface area contributed by atoms with Gasteiger partial charge in [0.1, 0.15) is 23.5 Å². The van der Waals surface area contributed by atoms with E-state index in [1.165, 1.54) is 0 Å². The van der Waals surface area contributed by atoms with E-state index in [0.717, 1.165) is 65.4 Å². The zero-order valence-electron chi connectivity index (χ0n) is 20.6. The van der Waals surface area contributed by atoms with Crippen LogP contribution in [0.5, 0.6) is 0 Å². The molecule has 2 aromatic carbocycles. The molecule has 0 aliphatic carbocycles. The maximum Gasteiger partial charge on any atom is 0.261 e. The smallest absolute Gasteiger partial charge is 0.261 e. The Morgan fingerprint density at radius 2 is 1.84 bits per heavy atom. The molecule has 0 radical (unpaired) electrons. The molecule has 37 heavy (non-hydrogen) atoms. The lowest BCUT2D eigenvalue weighted by Gasteiger charge is -2.37. The Morgan fingerprint density at radius 1 is 1.00 bits per heavy atom. The van der Waals surface area contributed by atoms with Crippen LogP contribution in [0.4, 0.5) is 17.2 Å². The largest absolute Gasteiger partial charge is 0.368 e. The number of anilines is 3. The van der Waals surface area contributed by atoms with Crippen molar-refractivity contribution in [3.05, 3.63) is 78.2 Å². The first-order chi connectivity index (χ1) is 18.1. The summed E-state index contributed by atoms with van der Waals surface area (Å²) in [5.41, 5.74) is 5.88. The molecule has 2 N–H and O–H groups in total. The number of carbonyl (C=O) groups is 1. The number of fused-ring (bicyclic) bond motifs is 1. The van der Waals surface area contributed by atoms with Gasteiger partial charge in [-0.2, -0.15) is 5.10 Å². The molecular formula is C27H26N8O2. The van der Waals surface area contributed by atoms with Crippen LogP contribution in [0.1, 0.15) is 21.8 Å². The van der Waals surface area contributed by atoms with Gasteiger partial charge in [0.25, 0.3) is 5.91 Å². The van der Waals surface area contributed by atoms with E-state index in [9.17, 15) is 4.79 Å². The Hall–Kier alpha value is -4.73. The van der Waals surface area contributed by atoms with Crippen LogP contribution in [0, 0.1) is 13.8 Å². The van der Waals surface area contributed by atoms with Crippen molar-refractivity contribution in [2.45, 2.75) is 13.8 Å². The fourth-order valence-corrected chi connectivity index (χ4v) is 4.84. The second-order valence-corrected chi connectivity index (χ2v) is 9.09. The zero-order chi connectivity index (χ0) is 25.4. The van der Waals surface area contributed by atoms with E-state index in [-0.39, 0.29) is 5.91 Å². The lowest BCUT2D eigenvalue weighted by atomic mass is 10.1. The summed E-state index contributed by atoms with van der Waals surface area (Å²) >= 11 is 0. The topological polar surface area (TPSA) is 116 Å². The normalized spacial score (nSPS) is 13.8. The fraction of sp³-hybridized carbons (Fsp3) is 0.222. The number of nitrogens with zero attached hydrogens (tertiary/aromatic N) is 6. The maximum absolute atomic E-state index is 12.8. The van der Waals surface area contributed by atoms with Crippen LogP contribution in [-0.4, -0.2) is 57.4 Å². The fourth-order valence-electron chi connectivity index (χ4n) is 4.84. The van der Waals surface area contributed by atoms with Crippen LogP contribution in [0.2, 0.25) is 0 Å². The minimum atomic E-state index is -0.219. The number of H-pyrrole nitrogens is 1. The minimum Gasteiger partial charge on any atom is -0.368 e. The van der Waals surface area contributed by atoms with E-state index in [1.54, 1.807) is 20.2 Å². The second kappa shape index (κ2) is 9.38. The van der Waals surface area contributed by atoms with Gasteiger partial charge in [-0.1, -0.05) is 17.3 Å². The summed E-state index contributed by atoms with van der Waals surface area (Å²) in [4.78, 5) is 26.5. The van der Waals surface area contributed by atoms with E-state index in [4.69, 9.17) is 4.52 Å². The Kier molecular flexibility index (Phi) is 5.76. The van der Waals surface area contributed by atoms with E-state index in [0.29, 0.717) is 17.0 Å². The van der Waals surface area contributed by atoms with Gasteiger partial charge in [-0.3, -0.25) is 9.89 Å². The third-order valence-corrected chi connectivity index (χ3v) is 6.75. The number of carbonyl (C=O) groups excluding carboxylic acids is 1. The third-order valence-electron chi connectivity index (χ3n) is 6.75. The van der Waals surface area contributed by atoms with Crippen LogP contribution in [0.3, 0.4) is 0 Å². The molecule has 1 aliphatic heterocycles. The maximum atomic E-state index is 12.8. The first-order valence-corrected chi connectivity index (χ1v) is 12.1. The van der Waals surface area contributed by atoms with E-state index < -0.39 is 0 Å². The first kappa shape index (κ1) is 22.7. The van der Waals surface area contributed by atoms with Gasteiger partial charge >= 0.3 is 0 Å². The molecule has 10 nitrogen and oxygen atoms in total. The van der Waals surface area contributed by atoms with E-state index in [2.05, 4.69) is 58.6 Å². The number of aromatic amines is 1. The van der Waals surface area contributed by atoms with Gasteiger partial charge in [-0.05, 0) is 49.7 Å². The molecule has 3 aromatic heterocycles. The van der Waals surface area contributed by atoms with Crippen molar-refractivity contribution in [3.63, 3.8) is 0 Å². The van der Waals surface area contributed by atoms with Crippen LogP contribution < -0.4 is 15.1 Å². The average molecular weight is 495 g/mol. The van der Waals surface area contributed by atoms with Gasteiger partial charge in [-0.25, -0.2) is 9.97 Å². The van der Waals surface area contributed by atoms with Gasteiger partial charge in [0, 0.05) is 54.7 Å². The molecule has 0 spiro atoms. The Balaban J connectivity index is 1.18. The van der Waals surface area contributed by atoms with E-state index in [1.807, 2.05) is 36.7 Å². The van der Waals surface area contributed by atoms with Gasteiger partial charge in [0.2, 0.25) is 0 Å². The first-order valence-electron chi connectivity index (χ1n) is 12.1. The summed E-state index contributed by atoms with van der Waals surface area (Å²) in [5.74, 6) is 1.23. The summed E-state index contributed by atoms with van der Waals surface area (Å²) in [6.07, 6.45) is 5.33. The molecule has 1 amide bonds. The zero-order valence-corrected chi connectivity index (χ0v) is 20.6. The van der Waals surface area contributed by atoms with Crippen molar-refractivity contribution in [1.82, 2.24) is 25.3 Å². The minimum absolute atomic E-state index is 0.219. The summed E-state index contributed by atoms with van der Waals surface area (Å²) in [7, 11) is 0. The molecule has 10 heteroatoms. The van der Waals surface area contributed by atoms with E-state index >= 15 is 0 Å². The molecule has 5 aromatic rings. The third kappa shape index (κ3) is 4.37. The lowest BCUT2D eigenvalue weighted by Crippen LogP contribution is -2.47. The molecule has 0 bridgehead atoms. The SMILES string of the molecule is Cc1noc(C)c1C(=O)Nc1cccc(N2CCN(c3ncnc4ccc(-c5cn[nH]c5)cc34)CC2)c1. The summed E-state index contributed by atoms with van der Waals surface area (Å²) in [6.45, 7) is 6.79. The molecule has 186 valence electrons. The van der Waals surface area contributed by atoms with Crippen LogP contribution in [0.25, 0.3) is 22.0 Å². The Bertz CT molecular complexity index is 1550. The molecule has 0 atom stereocenters. The number of aryl methyl sites for hydroxylation is 2. The van der Waals surface area contributed by atoms with Crippen molar-refractivity contribution in [3.8, 4) is 11.1 Å². The highest BCUT2D eigenvalue weighted by molar-refractivity contribution is 6.05. The monoisotopic (exact) mass is 494 g/mol. The van der Waals surface area contributed by atoms with Crippen molar-refractivity contribution in [2.75, 3.05) is 41.3 Å². The number of amides is 1. The molecule has 6 rings (SSSR count). The Labute approximate surface area is 213 Å². The van der Waals surface area contributed by atoms with Gasteiger partial charge in [-0.15, -0.1) is 0 Å². The Morgan fingerprint density at radius 3 is 2.59 bits per heavy atom. The number of aromatic nitrogens is 5. The quantitative estimate of drug-likeness (QED) is 0.373. The predicted octanol–water partition coefficient (Wildman–Crippen LogP) is 4.20. The molecule has 0 unspecified atom stereocenters. The number of piperazine rings is 1. The highest BCUT2D eigenvalue weighted by Gasteiger charge is 2.22. The van der Waals surface area contributed by atoms with Crippen molar-refractivity contribution < 1.29 is 9.32 Å². The second-order valence-electron chi connectivity index (χ2n) is 9.09. The van der Waals surface area contributed by atoms with Crippen LogP contribution in [0.15, 0.2) is 65.7 Å². The standard InChI is InChI=1S/C27H26N8O2/c1-17-25(18(2)37-33-17)27(36)32-21-4-3-5-22(13-21)34-8-10-35(11-9-34)26-23-12-19(20-14-30-31-15-20)6-7-24(23)28-16-29-26/h3-7,12-16H,8-11H2,1-2H3,(H,30,31)(H,32,36). The summed E-state index contributed by atoms with van der Waals surface area (Å²) in [6, 6.07) is 14.1. The van der Waals surface area contributed by atoms with Gasteiger partial charge < -0.3 is 19.6 Å². The molecule has 1 aliphatic rings. The molecule has 4 heterocycles. The molecular weight excluding hydrogens is 468 g/mol. The van der Waals surface area contributed by atoms with Crippen LogP contribution >= 0.6 is 0 Å². The predicted molar refractivity (Wildman–Crippen MR) is 142 cm³/mol. The highest BCUT2D eigenvalue weighted by atomic mass is 16.5. The number of hydrogen-bond acceptors (Lipinski definition) is 8. The summed E-state index contributed by atoms with van der Waals surface area (Å²) < 4.78 is 5.13. The average Bonchev–Trinajstić information content (AvgIpc) is 3.58. The lowest BCUT2D eigenvalue weighted by molar-refractivity contribution is 0.102. The molecule has 1 fully saturated rings. The van der Waals surface area contributed by atoms with Crippen molar-refractivity contribution in [2.24, 2.45) is 0 Å². The van der Waals surface area contributed by atoms with Gasteiger partial charge in [0.05, 0.1) is 17.4 Å². The van der Waals surface area contributed by atoms with Crippen LogP contribution in [-0.2, 0) is 0 Å².